The van der Waals surface area contributed by atoms with Gasteiger partial charge in [0.05, 0.1) is 5.52 Å². The van der Waals surface area contributed by atoms with E-state index in [0.29, 0.717) is 0 Å². The van der Waals surface area contributed by atoms with Crippen LogP contribution in [0, 0.1) is 0 Å². The van der Waals surface area contributed by atoms with Gasteiger partial charge in [0.25, 0.3) is 0 Å². The van der Waals surface area contributed by atoms with Gasteiger partial charge < -0.3 is 0 Å². The Kier molecular flexibility index (Phi) is 4.44. The Morgan fingerprint density at radius 1 is 1.29 bits per heavy atom. The van der Waals surface area contributed by atoms with Crippen molar-refractivity contribution in [3.8, 4) is 0 Å². The van der Waals surface area contributed by atoms with E-state index in [-0.39, 0.29) is 2.41 Å². The molecular weight excluding hydrogens is 507 g/mol. The molecule has 1 aromatic carbocycles. The van der Waals surface area contributed by atoms with Crippen LogP contribution in [0.1, 0.15) is 0 Å². The third-order valence-corrected chi connectivity index (χ3v) is 6.95. The summed E-state index contributed by atoms with van der Waals surface area (Å²) >= 11 is 10.3. The van der Waals surface area contributed by atoms with Crippen LogP contribution < -0.4 is 0 Å². The molecule has 1 nitrogen and oxygen atoms in total. The maximum Gasteiger partial charge on any atom is 0.106 e. The molecule has 0 unspecified atom stereocenters. The number of aromatic nitrogens is 1. The molecule has 0 aliphatic carbocycles. The SMILES string of the molecule is Brc1ccc2ccn(SP(I)I)c2c1. The van der Waals surface area contributed by atoms with Crippen molar-refractivity contribution in [3.05, 3.63) is 34.9 Å². The predicted octanol–water partition coefficient (Wildman–Crippen LogP) is 6.00. The molecule has 0 bridgehead atoms. The van der Waals surface area contributed by atoms with Gasteiger partial charge in [-0.25, -0.2) is 0 Å². The third-order valence-electron chi connectivity index (χ3n) is 1.77. The molecule has 14 heavy (non-hydrogen) atoms. The number of hydrogen-bond donors (Lipinski definition) is 0. The van der Waals surface area contributed by atoms with Gasteiger partial charge in [-0.1, -0.05) is 22.0 Å². The Hall–Kier alpha value is 1.48. The van der Waals surface area contributed by atoms with E-state index in [1.807, 2.05) is 11.6 Å². The van der Waals surface area contributed by atoms with Crippen LogP contribution in [0.2, 0.25) is 0 Å². The molecule has 1 heterocycles. The first-order valence-electron chi connectivity index (χ1n) is 3.73. The number of benzene rings is 1. The smallest absolute Gasteiger partial charge is 0.106 e. The lowest BCUT2D eigenvalue weighted by molar-refractivity contribution is 1.36. The van der Waals surface area contributed by atoms with Crippen LogP contribution in [-0.2, 0) is 0 Å². The molecule has 0 saturated heterocycles. The predicted molar refractivity (Wildman–Crippen MR) is 87.6 cm³/mol. The normalized spacial score (nSPS) is 11.4. The summed E-state index contributed by atoms with van der Waals surface area (Å²) in [5.74, 6) is 0. The molecular formula is C8H5BrI2NPS. The average molecular weight is 512 g/mol. The number of nitrogens with zero attached hydrogens (tertiary/aromatic N) is 1. The van der Waals surface area contributed by atoms with Crippen molar-refractivity contribution in [1.29, 1.82) is 0 Å². The van der Waals surface area contributed by atoms with E-state index in [9.17, 15) is 0 Å². The van der Waals surface area contributed by atoms with Crippen LogP contribution in [0.3, 0.4) is 0 Å². The second-order valence-electron chi connectivity index (χ2n) is 2.63. The molecule has 0 N–H and O–H groups in total. The fourth-order valence-corrected chi connectivity index (χ4v) is 6.30. The average Bonchev–Trinajstić information content (AvgIpc) is 2.47. The van der Waals surface area contributed by atoms with Gasteiger partial charge in [0.2, 0.25) is 0 Å². The zero-order valence-electron chi connectivity index (χ0n) is 6.82. The Labute approximate surface area is 122 Å². The molecule has 6 heteroatoms. The van der Waals surface area contributed by atoms with Crippen molar-refractivity contribution in [3.63, 3.8) is 0 Å². The highest BCUT2D eigenvalue weighted by Crippen LogP contribution is 2.65. The number of halogens is 3. The first kappa shape index (κ1) is 12.0. The van der Waals surface area contributed by atoms with E-state index in [4.69, 9.17) is 0 Å². The van der Waals surface area contributed by atoms with Gasteiger partial charge in [-0.3, -0.25) is 3.97 Å². The maximum absolute atomic E-state index is 3.50. The van der Waals surface area contributed by atoms with Crippen molar-refractivity contribution in [2.24, 2.45) is 0 Å². The van der Waals surface area contributed by atoms with Crippen molar-refractivity contribution in [2.45, 2.75) is 0 Å². The Morgan fingerprint density at radius 2 is 2.07 bits per heavy atom. The molecule has 2 rings (SSSR count). The minimum Gasteiger partial charge on any atom is -0.286 e. The first-order chi connectivity index (χ1) is 6.66. The standard InChI is InChI=1S/C8H5BrI2NPS/c9-7-2-1-6-3-4-12(8(6)5-7)14-13(10)11/h1-5H. The van der Waals surface area contributed by atoms with Crippen LogP contribution >= 0.6 is 74.0 Å². The number of hydrogen-bond acceptors (Lipinski definition) is 1. The highest BCUT2D eigenvalue weighted by molar-refractivity contribution is 14.3. The van der Waals surface area contributed by atoms with Crippen LogP contribution in [-0.4, -0.2) is 3.97 Å². The summed E-state index contributed by atoms with van der Waals surface area (Å²) < 4.78 is 3.35. The van der Waals surface area contributed by atoms with Gasteiger partial charge >= 0.3 is 0 Å². The molecule has 0 radical (unpaired) electrons. The molecule has 0 fully saturated rings. The van der Waals surface area contributed by atoms with Crippen molar-refractivity contribution >= 4 is 84.9 Å². The first-order valence-corrected chi connectivity index (χ1v) is 12.8. The summed E-state index contributed by atoms with van der Waals surface area (Å²) in [6.07, 6.45) is 2.13. The van der Waals surface area contributed by atoms with Crippen molar-refractivity contribution in [2.75, 3.05) is 0 Å². The molecule has 74 valence electrons. The van der Waals surface area contributed by atoms with Crippen LogP contribution in [0.25, 0.3) is 10.9 Å². The monoisotopic (exact) mass is 511 g/mol. The fourth-order valence-electron chi connectivity index (χ4n) is 1.21. The minimum atomic E-state index is -0.0295. The molecule has 2 aromatic rings. The van der Waals surface area contributed by atoms with E-state index >= 15 is 0 Å². The Bertz CT molecular complexity index is 460. The van der Waals surface area contributed by atoms with E-state index < -0.39 is 0 Å². The van der Waals surface area contributed by atoms with Gasteiger partial charge in [-0.15, -0.1) is 0 Å². The molecule has 1 aromatic heterocycles. The summed E-state index contributed by atoms with van der Waals surface area (Å²) in [4.78, 5) is 0. The molecule has 0 saturated carbocycles. The minimum absolute atomic E-state index is 0.0295. The van der Waals surface area contributed by atoms with Crippen LogP contribution in [0.5, 0.6) is 0 Å². The van der Waals surface area contributed by atoms with Gasteiger partial charge in [0, 0.05) is 27.6 Å². The summed E-state index contributed by atoms with van der Waals surface area (Å²) in [6.45, 7) is 0. The van der Waals surface area contributed by atoms with Gasteiger partial charge in [-0.2, -0.15) is 0 Å². The van der Waals surface area contributed by atoms with Crippen molar-refractivity contribution < 1.29 is 0 Å². The van der Waals surface area contributed by atoms with E-state index in [2.05, 4.69) is 94.4 Å². The summed E-state index contributed by atoms with van der Waals surface area (Å²) in [5, 5.41) is 1.30. The Morgan fingerprint density at radius 3 is 2.79 bits per heavy atom. The van der Waals surface area contributed by atoms with Crippen molar-refractivity contribution in [1.82, 2.24) is 3.97 Å². The lowest BCUT2D eigenvalue weighted by atomic mass is 10.3. The third kappa shape index (κ3) is 2.78. The van der Waals surface area contributed by atoms with Crippen LogP contribution in [0.4, 0.5) is 0 Å². The van der Waals surface area contributed by atoms with Gasteiger partial charge in [-0.05, 0) is 62.3 Å². The van der Waals surface area contributed by atoms with Crippen LogP contribution in [0.15, 0.2) is 34.9 Å². The summed E-state index contributed by atoms with van der Waals surface area (Å²) in [6, 6.07) is 8.53. The largest absolute Gasteiger partial charge is 0.286 e. The molecule has 0 amide bonds. The molecule has 0 spiro atoms. The lowest BCUT2D eigenvalue weighted by Gasteiger charge is -2.04. The zero-order chi connectivity index (χ0) is 10.1. The topological polar surface area (TPSA) is 4.93 Å². The Balaban J connectivity index is 2.50. The van der Waals surface area contributed by atoms with E-state index in [0.717, 1.165) is 4.47 Å². The van der Waals surface area contributed by atoms with Gasteiger partial charge in [0.1, 0.15) is 2.41 Å². The highest BCUT2D eigenvalue weighted by atomic mass is 127. The zero-order valence-corrected chi connectivity index (χ0v) is 14.4. The highest BCUT2D eigenvalue weighted by Gasteiger charge is 2.05. The second kappa shape index (κ2) is 5.21. The molecule has 0 aliphatic heterocycles. The summed E-state index contributed by atoms with van der Waals surface area (Å²) in [5.41, 5.74) is 1.28. The number of fused-ring (bicyclic) bond motifs is 1. The van der Waals surface area contributed by atoms with E-state index in [1.54, 1.807) is 0 Å². The quantitative estimate of drug-likeness (QED) is 0.354. The second-order valence-corrected chi connectivity index (χ2v) is 21.3. The lowest BCUT2D eigenvalue weighted by Crippen LogP contribution is -1.79. The molecule has 0 aliphatic rings. The van der Waals surface area contributed by atoms with Gasteiger partial charge in [0.15, 0.2) is 0 Å². The number of rotatable bonds is 2. The van der Waals surface area contributed by atoms with E-state index in [1.165, 1.54) is 10.9 Å². The molecule has 0 atom stereocenters. The maximum atomic E-state index is 3.50. The summed E-state index contributed by atoms with van der Waals surface area (Å²) in [7, 11) is 0. The fraction of sp³-hybridized carbons (Fsp3) is 0.